The van der Waals surface area contributed by atoms with Gasteiger partial charge in [-0.25, -0.2) is 18.1 Å². The number of ether oxygens (including phenoxy) is 1. The van der Waals surface area contributed by atoms with Gasteiger partial charge in [0.15, 0.2) is 18.0 Å². The number of halogens is 8. The van der Waals surface area contributed by atoms with Gasteiger partial charge in [0.1, 0.15) is 0 Å². The van der Waals surface area contributed by atoms with Crippen LogP contribution >= 0.6 is 11.6 Å². The van der Waals surface area contributed by atoms with Gasteiger partial charge in [-0.15, -0.1) is 5.10 Å². The first kappa shape index (κ1) is 26.7. The molecular weight excluding hydrogens is 537 g/mol. The van der Waals surface area contributed by atoms with Crippen LogP contribution in [0.3, 0.4) is 0 Å². The van der Waals surface area contributed by atoms with E-state index in [4.69, 9.17) is 17.3 Å². The molecule has 0 aliphatic heterocycles. The molecule has 200 valence electrons. The number of aryl methyl sites for hydroxylation is 1. The second kappa shape index (κ2) is 9.20. The monoisotopic (exact) mass is 554 g/mol. The normalized spacial score (nSPS) is 15.2. The smallest absolute Gasteiger partial charge is 0.425 e. The highest BCUT2D eigenvalue weighted by molar-refractivity contribution is 6.34. The molecule has 1 aliphatic carbocycles. The summed E-state index contributed by atoms with van der Waals surface area (Å²) in [4.78, 5) is 12.6. The molecule has 3 N–H and O–H groups in total. The van der Waals surface area contributed by atoms with Crippen LogP contribution in [0.15, 0.2) is 30.6 Å². The Morgan fingerprint density at radius 3 is 2.51 bits per heavy atom. The molecule has 2 aromatic heterocycles. The fraction of sp³-hybridized carbons (Fsp3) is 0.381. The van der Waals surface area contributed by atoms with Crippen LogP contribution in [0.5, 0.6) is 5.88 Å². The largest absolute Gasteiger partial charge is 0.469 e. The Morgan fingerprint density at radius 2 is 1.92 bits per heavy atom. The second-order valence-electron chi connectivity index (χ2n) is 8.45. The van der Waals surface area contributed by atoms with Crippen molar-refractivity contribution in [2.24, 2.45) is 12.8 Å². The summed E-state index contributed by atoms with van der Waals surface area (Å²) in [7, 11) is 1.06. The summed E-state index contributed by atoms with van der Waals surface area (Å²) >= 11 is 6.13. The lowest BCUT2D eigenvalue weighted by Crippen LogP contribution is -2.43. The maximum Gasteiger partial charge on any atom is 0.425 e. The van der Waals surface area contributed by atoms with E-state index in [0.29, 0.717) is 23.1 Å². The van der Waals surface area contributed by atoms with Gasteiger partial charge in [0.25, 0.3) is 5.91 Å². The molecule has 0 bridgehead atoms. The molecule has 1 fully saturated rings. The summed E-state index contributed by atoms with van der Waals surface area (Å²) in [6, 6.07) is 4.32. The Kier molecular flexibility index (Phi) is 6.65. The third kappa shape index (κ3) is 5.51. The van der Waals surface area contributed by atoms with Crippen LogP contribution in [0, 0.1) is 0 Å². The summed E-state index contributed by atoms with van der Waals surface area (Å²) in [5, 5.41) is 10.1. The summed E-state index contributed by atoms with van der Waals surface area (Å²) < 4.78 is 98.7. The number of amides is 1. The molecule has 0 radical (unpaired) electrons. The first-order valence-corrected chi connectivity index (χ1v) is 10.9. The SMILES string of the molecule is Cn1nc(OCC(F)(F)C(F)F)c(C(F)(F)F)c1-n1cc(-c2ccc(Cl)c(C(=O)NC3(N)CC3)c2)cn1. The van der Waals surface area contributed by atoms with E-state index in [2.05, 4.69) is 20.3 Å². The molecule has 0 atom stereocenters. The minimum Gasteiger partial charge on any atom is -0.469 e. The molecule has 0 unspecified atom stereocenters. The molecule has 1 amide bonds. The van der Waals surface area contributed by atoms with Crippen LogP contribution < -0.4 is 15.8 Å². The van der Waals surface area contributed by atoms with Crippen molar-refractivity contribution in [3.63, 3.8) is 0 Å². The van der Waals surface area contributed by atoms with Gasteiger partial charge in [-0.1, -0.05) is 17.7 Å². The lowest BCUT2D eigenvalue weighted by Gasteiger charge is -2.16. The molecule has 16 heteroatoms. The Hall–Kier alpha value is -3.33. The highest BCUT2D eigenvalue weighted by Gasteiger charge is 2.46. The number of aromatic nitrogens is 4. The van der Waals surface area contributed by atoms with Crippen molar-refractivity contribution < 1.29 is 40.3 Å². The fourth-order valence-electron chi connectivity index (χ4n) is 3.35. The van der Waals surface area contributed by atoms with Crippen molar-refractivity contribution in [2.45, 2.75) is 37.0 Å². The quantitative estimate of drug-likeness (QED) is 0.318. The molecule has 2 heterocycles. The van der Waals surface area contributed by atoms with Crippen molar-refractivity contribution >= 4 is 17.5 Å². The zero-order valence-corrected chi connectivity index (χ0v) is 19.5. The Morgan fingerprint density at radius 1 is 1.24 bits per heavy atom. The lowest BCUT2D eigenvalue weighted by atomic mass is 10.1. The number of alkyl halides is 7. The number of nitrogens with two attached hydrogens (primary N) is 1. The lowest BCUT2D eigenvalue weighted by molar-refractivity contribution is -0.154. The zero-order chi connectivity index (χ0) is 27.3. The topological polar surface area (TPSA) is 100.0 Å². The Labute approximate surface area is 209 Å². The van der Waals surface area contributed by atoms with Gasteiger partial charge in [-0.05, 0) is 30.5 Å². The number of benzene rings is 1. The molecule has 4 rings (SSSR count). The van der Waals surface area contributed by atoms with Gasteiger partial charge in [0, 0.05) is 18.8 Å². The zero-order valence-electron chi connectivity index (χ0n) is 18.8. The van der Waals surface area contributed by atoms with E-state index in [0.717, 1.165) is 11.7 Å². The first-order valence-electron chi connectivity index (χ1n) is 10.5. The van der Waals surface area contributed by atoms with Crippen LogP contribution in [-0.4, -0.2) is 50.1 Å². The maximum absolute atomic E-state index is 13.9. The standard InChI is InChI=1S/C21H18ClF7N6O2/c1-34-17(14(21(27,28)29)16(33-34)37-9-20(25,26)18(23)24)35-8-11(7-31-35)10-2-3-13(22)12(6-10)15(36)32-19(30)4-5-19/h2-3,6-8,18H,4-5,9,30H2,1H3,(H,32,36). The average Bonchev–Trinajstić information content (AvgIpc) is 3.18. The molecular formula is C21H18ClF7N6O2. The van der Waals surface area contributed by atoms with Crippen molar-refractivity contribution in [1.82, 2.24) is 24.9 Å². The summed E-state index contributed by atoms with van der Waals surface area (Å²) in [5.74, 6) is -7.27. The van der Waals surface area contributed by atoms with E-state index in [-0.39, 0.29) is 16.1 Å². The average molecular weight is 555 g/mol. The van der Waals surface area contributed by atoms with Crippen molar-refractivity contribution in [3.8, 4) is 22.8 Å². The van der Waals surface area contributed by atoms with E-state index in [1.54, 1.807) is 0 Å². The van der Waals surface area contributed by atoms with Crippen LogP contribution in [0.2, 0.25) is 5.02 Å². The van der Waals surface area contributed by atoms with Gasteiger partial charge in [0.2, 0.25) is 5.88 Å². The predicted molar refractivity (Wildman–Crippen MR) is 116 cm³/mol. The van der Waals surface area contributed by atoms with E-state index in [1.165, 1.54) is 30.6 Å². The minimum atomic E-state index is -5.17. The van der Waals surface area contributed by atoms with Crippen LogP contribution in [-0.2, 0) is 13.2 Å². The van der Waals surface area contributed by atoms with E-state index in [9.17, 15) is 35.5 Å². The molecule has 1 aliphatic rings. The molecule has 37 heavy (non-hydrogen) atoms. The van der Waals surface area contributed by atoms with Gasteiger partial charge in [0.05, 0.1) is 22.4 Å². The maximum atomic E-state index is 13.9. The number of carbonyl (C=O) groups is 1. The first-order chi connectivity index (χ1) is 17.1. The number of carbonyl (C=O) groups excluding carboxylic acids is 1. The van der Waals surface area contributed by atoms with Gasteiger partial charge >= 0.3 is 18.5 Å². The fourth-order valence-corrected chi connectivity index (χ4v) is 3.55. The molecule has 3 aromatic rings. The van der Waals surface area contributed by atoms with Crippen LogP contribution in [0.1, 0.15) is 28.8 Å². The van der Waals surface area contributed by atoms with E-state index >= 15 is 0 Å². The van der Waals surface area contributed by atoms with Crippen LogP contribution in [0.25, 0.3) is 16.9 Å². The summed E-state index contributed by atoms with van der Waals surface area (Å²) in [6.45, 7) is -2.02. The highest BCUT2D eigenvalue weighted by atomic mass is 35.5. The second-order valence-corrected chi connectivity index (χ2v) is 8.86. The third-order valence-corrected chi connectivity index (χ3v) is 5.81. The van der Waals surface area contributed by atoms with Crippen molar-refractivity contribution in [2.75, 3.05) is 6.61 Å². The summed E-state index contributed by atoms with van der Waals surface area (Å²) in [6.07, 6.45) is -5.77. The van der Waals surface area contributed by atoms with Crippen molar-refractivity contribution in [3.05, 3.63) is 46.7 Å². The van der Waals surface area contributed by atoms with Crippen molar-refractivity contribution in [1.29, 1.82) is 0 Å². The number of nitrogens with one attached hydrogen (secondary N) is 1. The molecule has 0 saturated heterocycles. The third-order valence-electron chi connectivity index (χ3n) is 5.48. The molecule has 8 nitrogen and oxygen atoms in total. The molecule has 1 saturated carbocycles. The van der Waals surface area contributed by atoms with E-state index in [1.807, 2.05) is 0 Å². The van der Waals surface area contributed by atoms with E-state index < -0.39 is 54.0 Å². The van der Waals surface area contributed by atoms with Crippen LogP contribution in [0.4, 0.5) is 30.7 Å². The highest BCUT2D eigenvalue weighted by Crippen LogP contribution is 2.41. The van der Waals surface area contributed by atoms with Gasteiger partial charge in [-0.3, -0.25) is 4.79 Å². The molecule has 0 spiro atoms. The Bertz CT molecular complexity index is 1330. The predicted octanol–water partition coefficient (Wildman–Crippen LogP) is 4.40. The number of hydrogen-bond acceptors (Lipinski definition) is 5. The Balaban J connectivity index is 1.68. The number of hydrogen-bond donors (Lipinski definition) is 2. The minimum absolute atomic E-state index is 0.0794. The number of rotatable bonds is 8. The number of nitrogens with zero attached hydrogens (tertiary/aromatic N) is 4. The molecule has 1 aromatic carbocycles. The van der Waals surface area contributed by atoms with Gasteiger partial charge < -0.3 is 15.8 Å². The van der Waals surface area contributed by atoms with Gasteiger partial charge in [-0.2, -0.15) is 27.1 Å². The summed E-state index contributed by atoms with van der Waals surface area (Å²) in [5.41, 5.74) is 4.21.